The number of carbonyl (C=O) groups excluding carboxylic acids is 1. The molecule has 21 heavy (non-hydrogen) atoms. The monoisotopic (exact) mass is 288 g/mol. The van der Waals surface area contributed by atoms with Gasteiger partial charge in [-0.3, -0.25) is 0 Å². The lowest BCUT2D eigenvalue weighted by atomic mass is 10.2. The molecule has 110 valence electrons. The Morgan fingerprint density at radius 1 is 0.857 bits per heavy atom. The van der Waals surface area contributed by atoms with Crippen molar-refractivity contribution < 1.29 is 24.5 Å². The maximum atomic E-state index is 10.5. The molecule has 5 heteroatoms. The van der Waals surface area contributed by atoms with Crippen molar-refractivity contribution in [3.05, 3.63) is 71.8 Å². The third-order valence-corrected chi connectivity index (χ3v) is 2.41. The number of hydrogen-bond donors (Lipinski definition) is 2. The van der Waals surface area contributed by atoms with E-state index in [1.165, 1.54) is 0 Å². The first-order chi connectivity index (χ1) is 10.1. The molecule has 0 atom stereocenters. The van der Waals surface area contributed by atoms with Gasteiger partial charge in [0.2, 0.25) is 0 Å². The van der Waals surface area contributed by atoms with Gasteiger partial charge in [0.15, 0.2) is 0 Å². The van der Waals surface area contributed by atoms with E-state index in [0.717, 1.165) is 11.1 Å². The van der Waals surface area contributed by atoms with Crippen LogP contribution in [0, 0.1) is 0 Å². The van der Waals surface area contributed by atoms with Gasteiger partial charge >= 0.3 is 11.9 Å². The van der Waals surface area contributed by atoms with Gasteiger partial charge in [0, 0.05) is 0 Å². The molecule has 0 fully saturated rings. The van der Waals surface area contributed by atoms with E-state index in [1.54, 1.807) is 24.3 Å². The molecular formula is C16H16O5. The number of hydrogen-bond acceptors (Lipinski definition) is 4. The molecule has 0 aliphatic carbocycles. The zero-order chi connectivity index (χ0) is 15.5. The number of benzene rings is 2. The van der Waals surface area contributed by atoms with E-state index in [9.17, 15) is 9.59 Å². The molecule has 0 amide bonds. The minimum Gasteiger partial charge on any atom is -0.473 e. The van der Waals surface area contributed by atoms with Gasteiger partial charge < -0.3 is 14.9 Å². The molecule has 0 bridgehead atoms. The molecule has 0 saturated heterocycles. The van der Waals surface area contributed by atoms with E-state index >= 15 is 0 Å². The summed E-state index contributed by atoms with van der Waals surface area (Å²) in [5.74, 6) is -2.81. The minimum absolute atomic E-state index is 0.00796. The number of carboxylic acids is 1. The summed E-state index contributed by atoms with van der Waals surface area (Å²) in [5.41, 5.74) is 1.73. The Morgan fingerprint density at radius 2 is 1.33 bits per heavy atom. The topological polar surface area (TPSA) is 83.8 Å². The van der Waals surface area contributed by atoms with Crippen LogP contribution in [-0.4, -0.2) is 22.2 Å². The lowest BCUT2D eigenvalue weighted by molar-refractivity contribution is -0.164. The van der Waals surface area contributed by atoms with Crippen molar-refractivity contribution in [2.45, 2.75) is 13.2 Å². The van der Waals surface area contributed by atoms with Crippen LogP contribution in [0.3, 0.4) is 0 Å². The largest absolute Gasteiger partial charge is 0.473 e. The average Bonchev–Trinajstić information content (AvgIpc) is 2.55. The number of aliphatic hydroxyl groups is 1. The van der Waals surface area contributed by atoms with E-state index in [-0.39, 0.29) is 13.2 Å². The number of esters is 1. The normalized spacial score (nSPS) is 9.19. The van der Waals surface area contributed by atoms with Crippen molar-refractivity contribution in [3.63, 3.8) is 0 Å². The van der Waals surface area contributed by atoms with Crippen molar-refractivity contribution in [1.29, 1.82) is 0 Å². The molecule has 2 N–H and O–H groups in total. The second-order valence-electron chi connectivity index (χ2n) is 4.01. The van der Waals surface area contributed by atoms with Crippen molar-refractivity contribution in [2.24, 2.45) is 0 Å². The lowest BCUT2D eigenvalue weighted by Crippen LogP contribution is -2.15. The fourth-order valence-corrected chi connectivity index (χ4v) is 1.37. The third kappa shape index (κ3) is 6.89. The van der Waals surface area contributed by atoms with Gasteiger partial charge in [-0.15, -0.1) is 0 Å². The van der Waals surface area contributed by atoms with E-state index < -0.39 is 11.9 Å². The summed E-state index contributed by atoms with van der Waals surface area (Å²) in [6.07, 6.45) is 0. The lowest BCUT2D eigenvalue weighted by Gasteiger charge is -2.00. The molecule has 0 heterocycles. The van der Waals surface area contributed by atoms with Crippen LogP contribution in [0.5, 0.6) is 0 Å². The molecule has 0 unspecified atom stereocenters. The van der Waals surface area contributed by atoms with Gasteiger partial charge in [0.1, 0.15) is 6.61 Å². The number of rotatable bonds is 3. The molecule has 2 aromatic carbocycles. The fourth-order valence-electron chi connectivity index (χ4n) is 1.37. The molecule has 0 spiro atoms. The second kappa shape index (κ2) is 9.28. The summed E-state index contributed by atoms with van der Waals surface area (Å²) >= 11 is 0. The summed E-state index contributed by atoms with van der Waals surface area (Å²) < 4.78 is 4.45. The highest BCUT2D eigenvalue weighted by molar-refractivity contribution is 6.28. The molecular weight excluding hydrogens is 272 g/mol. The Morgan fingerprint density at radius 3 is 1.71 bits per heavy atom. The molecule has 0 saturated carbocycles. The van der Waals surface area contributed by atoms with Crippen molar-refractivity contribution in [2.75, 3.05) is 0 Å². The number of ether oxygens (including phenoxy) is 1. The first kappa shape index (κ1) is 16.4. The predicted molar refractivity (Wildman–Crippen MR) is 76.2 cm³/mol. The van der Waals surface area contributed by atoms with E-state index in [2.05, 4.69) is 4.74 Å². The van der Waals surface area contributed by atoms with E-state index in [0.29, 0.717) is 0 Å². The smallest absolute Gasteiger partial charge is 0.417 e. The summed E-state index contributed by atoms with van der Waals surface area (Å²) in [5, 5.41) is 16.7. The summed E-state index contributed by atoms with van der Waals surface area (Å²) in [4.78, 5) is 20.5. The van der Waals surface area contributed by atoms with Crippen molar-refractivity contribution in [1.82, 2.24) is 0 Å². The third-order valence-electron chi connectivity index (χ3n) is 2.41. The molecule has 2 aromatic rings. The second-order valence-corrected chi connectivity index (χ2v) is 4.01. The maximum Gasteiger partial charge on any atom is 0.417 e. The standard InChI is InChI=1S/C9H8O4.C7H8O/c10-8(11)9(12)13-6-7-4-2-1-3-5-7;8-6-7-4-2-1-3-5-7/h1-5H,6H2,(H,10,11);1-5,8H,6H2. The molecule has 0 aliphatic heterocycles. The molecule has 0 aliphatic rings. The van der Waals surface area contributed by atoms with Gasteiger partial charge in [-0.1, -0.05) is 60.7 Å². The number of aliphatic hydroxyl groups excluding tert-OH is 1. The fraction of sp³-hybridized carbons (Fsp3) is 0.125. The zero-order valence-corrected chi connectivity index (χ0v) is 11.3. The Kier molecular flexibility index (Phi) is 7.24. The van der Waals surface area contributed by atoms with Crippen molar-refractivity contribution in [3.8, 4) is 0 Å². The van der Waals surface area contributed by atoms with Crippen molar-refractivity contribution >= 4 is 11.9 Å². The molecule has 2 rings (SSSR count). The van der Waals surface area contributed by atoms with Crippen LogP contribution in [0.25, 0.3) is 0 Å². The highest BCUT2D eigenvalue weighted by Crippen LogP contribution is 2.00. The van der Waals surface area contributed by atoms with Gasteiger partial charge in [0.25, 0.3) is 0 Å². The molecule has 0 radical (unpaired) electrons. The first-order valence-electron chi connectivity index (χ1n) is 6.22. The number of carbonyl (C=O) groups is 2. The Bertz CT molecular complexity index is 551. The highest BCUT2D eigenvalue weighted by atomic mass is 16.6. The summed E-state index contributed by atoms with van der Waals surface area (Å²) in [6.45, 7) is 0.132. The van der Waals surface area contributed by atoms with Gasteiger partial charge in [-0.05, 0) is 11.1 Å². The quantitative estimate of drug-likeness (QED) is 0.666. The van der Waals surface area contributed by atoms with Crippen LogP contribution >= 0.6 is 0 Å². The average molecular weight is 288 g/mol. The van der Waals surface area contributed by atoms with Gasteiger partial charge in [-0.25, -0.2) is 9.59 Å². The number of carboxylic acid groups (broad SMARTS) is 1. The number of aliphatic carboxylic acids is 1. The minimum atomic E-state index is -1.57. The van der Waals surface area contributed by atoms with Crippen LogP contribution in [0.15, 0.2) is 60.7 Å². The molecule has 0 aromatic heterocycles. The Labute approximate surface area is 122 Å². The Balaban J connectivity index is 0.000000235. The van der Waals surface area contributed by atoms with E-state index in [1.807, 2.05) is 36.4 Å². The SMILES string of the molecule is O=C(O)C(=O)OCc1ccccc1.OCc1ccccc1. The maximum absolute atomic E-state index is 10.5. The first-order valence-corrected chi connectivity index (χ1v) is 6.22. The van der Waals surface area contributed by atoms with Gasteiger partial charge in [-0.2, -0.15) is 0 Å². The summed E-state index contributed by atoms with van der Waals surface area (Å²) in [7, 11) is 0. The molecule has 5 nitrogen and oxygen atoms in total. The van der Waals surface area contributed by atoms with Crippen LogP contribution < -0.4 is 0 Å². The van der Waals surface area contributed by atoms with Crippen LogP contribution in [0.2, 0.25) is 0 Å². The van der Waals surface area contributed by atoms with E-state index in [4.69, 9.17) is 10.2 Å². The predicted octanol–water partition coefficient (Wildman–Crippen LogP) is 1.99. The van der Waals surface area contributed by atoms with Gasteiger partial charge in [0.05, 0.1) is 6.61 Å². The Hall–Kier alpha value is -2.66. The summed E-state index contributed by atoms with van der Waals surface area (Å²) in [6, 6.07) is 18.4. The van der Waals surface area contributed by atoms with Crippen LogP contribution in [-0.2, 0) is 27.5 Å². The van der Waals surface area contributed by atoms with Crippen LogP contribution in [0.4, 0.5) is 0 Å². The highest BCUT2D eigenvalue weighted by Gasteiger charge is 2.11. The van der Waals surface area contributed by atoms with Crippen LogP contribution in [0.1, 0.15) is 11.1 Å². The zero-order valence-electron chi connectivity index (χ0n) is 11.3.